The fourth-order valence-corrected chi connectivity index (χ4v) is 2.57. The van der Waals surface area contributed by atoms with E-state index in [0.29, 0.717) is 0 Å². The highest BCUT2D eigenvalue weighted by molar-refractivity contribution is 5.87. The second-order valence-corrected chi connectivity index (χ2v) is 5.48. The minimum atomic E-state index is -0.720. The van der Waals surface area contributed by atoms with E-state index in [9.17, 15) is 4.39 Å². The van der Waals surface area contributed by atoms with E-state index >= 15 is 0 Å². The average Bonchev–Trinajstić information content (AvgIpc) is 2.65. The van der Waals surface area contributed by atoms with Crippen molar-refractivity contribution in [2.24, 2.45) is 0 Å². The molecular formula is C19H14FN5. The summed E-state index contributed by atoms with van der Waals surface area (Å²) in [7, 11) is 0. The number of nitrogens with one attached hydrogen (secondary N) is 2. The van der Waals surface area contributed by atoms with Gasteiger partial charge in [0.25, 0.3) is 5.95 Å². The maximum atomic E-state index is 14.2. The molecule has 25 heavy (non-hydrogen) atoms. The van der Waals surface area contributed by atoms with Gasteiger partial charge in [-0.2, -0.15) is 4.39 Å². The van der Waals surface area contributed by atoms with Gasteiger partial charge in [-0.3, -0.25) is 0 Å². The molecule has 4 rings (SSSR count). The Morgan fingerprint density at radius 1 is 0.680 bits per heavy atom. The third-order valence-corrected chi connectivity index (χ3v) is 3.78. The smallest absolute Gasteiger partial charge is 0.262 e. The fourth-order valence-electron chi connectivity index (χ4n) is 2.57. The third-order valence-electron chi connectivity index (χ3n) is 3.78. The average molecular weight is 331 g/mol. The Morgan fingerprint density at radius 2 is 1.44 bits per heavy atom. The molecule has 0 atom stereocenters. The number of aromatic nitrogens is 3. The van der Waals surface area contributed by atoms with Crippen molar-refractivity contribution >= 4 is 33.7 Å². The molecule has 0 spiro atoms. The van der Waals surface area contributed by atoms with Crippen LogP contribution in [0.25, 0.3) is 10.8 Å². The van der Waals surface area contributed by atoms with E-state index in [2.05, 4.69) is 26.0 Å². The van der Waals surface area contributed by atoms with Crippen LogP contribution < -0.4 is 10.6 Å². The minimum absolute atomic E-state index is 0.148. The Labute approximate surface area is 143 Å². The van der Waals surface area contributed by atoms with E-state index in [1.807, 2.05) is 72.8 Å². The zero-order valence-electron chi connectivity index (χ0n) is 13.1. The predicted molar refractivity (Wildman–Crippen MR) is 96.7 cm³/mol. The number of hydrogen-bond acceptors (Lipinski definition) is 5. The first kappa shape index (κ1) is 15.0. The molecule has 0 amide bonds. The Hall–Kier alpha value is -3.54. The summed E-state index contributed by atoms with van der Waals surface area (Å²) in [6, 6.07) is 23.2. The van der Waals surface area contributed by atoms with Crippen molar-refractivity contribution in [3.05, 3.63) is 78.7 Å². The van der Waals surface area contributed by atoms with Crippen LogP contribution in [-0.2, 0) is 0 Å². The van der Waals surface area contributed by atoms with E-state index in [4.69, 9.17) is 0 Å². The predicted octanol–water partition coefficient (Wildman–Crippen LogP) is 4.65. The first-order chi connectivity index (χ1) is 12.3. The molecule has 0 unspecified atom stereocenters. The summed E-state index contributed by atoms with van der Waals surface area (Å²) in [4.78, 5) is 0. The molecule has 2 N–H and O–H groups in total. The van der Waals surface area contributed by atoms with Crippen molar-refractivity contribution in [2.75, 3.05) is 10.6 Å². The van der Waals surface area contributed by atoms with Crippen molar-refractivity contribution < 1.29 is 4.39 Å². The molecule has 0 aliphatic carbocycles. The lowest BCUT2D eigenvalue weighted by Gasteiger charge is -2.12. The summed E-state index contributed by atoms with van der Waals surface area (Å²) in [5, 5.41) is 19.1. The molecule has 1 heterocycles. The molecular weight excluding hydrogens is 317 g/mol. The highest BCUT2D eigenvalue weighted by atomic mass is 19.1. The second kappa shape index (κ2) is 6.52. The van der Waals surface area contributed by atoms with Crippen LogP contribution in [0.15, 0.2) is 72.8 Å². The fraction of sp³-hybridized carbons (Fsp3) is 0. The third kappa shape index (κ3) is 3.23. The summed E-state index contributed by atoms with van der Waals surface area (Å²) in [5.41, 5.74) is 1.67. The molecule has 122 valence electrons. The molecule has 5 nitrogen and oxygen atoms in total. The summed E-state index contributed by atoms with van der Waals surface area (Å²) in [6.07, 6.45) is 0. The Morgan fingerprint density at radius 3 is 2.28 bits per heavy atom. The summed E-state index contributed by atoms with van der Waals surface area (Å²) in [6.45, 7) is 0. The number of nitrogens with zero attached hydrogens (tertiary/aromatic N) is 3. The normalized spacial score (nSPS) is 10.6. The molecule has 6 heteroatoms. The standard InChI is InChI=1S/C19H14FN5/c20-18-17(21-15-8-2-1-3-9-15)19(24-25-23-18)22-16-11-10-13-6-4-5-7-14(13)12-16/h1-12H,(H,21,25)(H,22,23,24). The van der Waals surface area contributed by atoms with Crippen LogP contribution in [-0.4, -0.2) is 15.4 Å². The monoisotopic (exact) mass is 331 g/mol. The largest absolute Gasteiger partial charge is 0.349 e. The van der Waals surface area contributed by atoms with Gasteiger partial charge in [0.1, 0.15) is 5.69 Å². The number of benzene rings is 3. The zero-order chi connectivity index (χ0) is 17.1. The van der Waals surface area contributed by atoms with Crippen molar-refractivity contribution in [3.63, 3.8) is 0 Å². The van der Waals surface area contributed by atoms with Crippen LogP contribution in [0.2, 0.25) is 0 Å². The first-order valence-corrected chi connectivity index (χ1v) is 7.76. The van der Waals surface area contributed by atoms with E-state index in [1.54, 1.807) is 0 Å². The van der Waals surface area contributed by atoms with Crippen molar-refractivity contribution in [2.45, 2.75) is 0 Å². The molecule has 0 bridgehead atoms. The molecule has 0 aliphatic heterocycles. The van der Waals surface area contributed by atoms with Crippen LogP contribution in [0.3, 0.4) is 0 Å². The van der Waals surface area contributed by atoms with Crippen LogP contribution in [0.5, 0.6) is 0 Å². The quantitative estimate of drug-likeness (QED) is 0.570. The van der Waals surface area contributed by atoms with Crippen molar-refractivity contribution in [3.8, 4) is 0 Å². The van der Waals surface area contributed by atoms with Gasteiger partial charge in [0, 0.05) is 11.4 Å². The number of para-hydroxylation sites is 1. The van der Waals surface area contributed by atoms with Gasteiger partial charge in [0.2, 0.25) is 0 Å². The number of rotatable bonds is 4. The van der Waals surface area contributed by atoms with Gasteiger partial charge in [0.05, 0.1) is 0 Å². The molecule has 0 radical (unpaired) electrons. The highest BCUT2D eigenvalue weighted by Crippen LogP contribution is 2.28. The van der Waals surface area contributed by atoms with Crippen LogP contribution >= 0.6 is 0 Å². The van der Waals surface area contributed by atoms with E-state index in [1.165, 1.54) is 0 Å². The number of fused-ring (bicyclic) bond motifs is 1. The lowest BCUT2D eigenvalue weighted by Crippen LogP contribution is -2.06. The van der Waals surface area contributed by atoms with Crippen molar-refractivity contribution in [1.29, 1.82) is 0 Å². The minimum Gasteiger partial charge on any atom is -0.349 e. The molecule has 0 saturated carbocycles. The SMILES string of the molecule is Fc1nnnc(Nc2ccc3ccccc3c2)c1Nc1ccccc1. The second-order valence-electron chi connectivity index (χ2n) is 5.48. The van der Waals surface area contributed by atoms with Gasteiger partial charge >= 0.3 is 0 Å². The summed E-state index contributed by atoms with van der Waals surface area (Å²) < 4.78 is 14.2. The van der Waals surface area contributed by atoms with Crippen LogP contribution in [0, 0.1) is 5.95 Å². The first-order valence-electron chi connectivity index (χ1n) is 7.76. The van der Waals surface area contributed by atoms with E-state index in [-0.39, 0.29) is 11.5 Å². The topological polar surface area (TPSA) is 62.7 Å². The Balaban J connectivity index is 1.68. The van der Waals surface area contributed by atoms with Gasteiger partial charge in [-0.25, -0.2) is 0 Å². The summed E-state index contributed by atoms with van der Waals surface area (Å²) >= 11 is 0. The Bertz CT molecular complexity index is 1020. The number of halogens is 1. The van der Waals surface area contributed by atoms with Crippen LogP contribution in [0.4, 0.5) is 27.3 Å². The maximum absolute atomic E-state index is 14.2. The molecule has 1 aromatic heterocycles. The van der Waals surface area contributed by atoms with Crippen LogP contribution in [0.1, 0.15) is 0 Å². The highest BCUT2D eigenvalue weighted by Gasteiger charge is 2.13. The van der Waals surface area contributed by atoms with Gasteiger partial charge in [-0.05, 0) is 40.3 Å². The van der Waals surface area contributed by atoms with Crippen molar-refractivity contribution in [1.82, 2.24) is 15.4 Å². The summed E-state index contributed by atoms with van der Waals surface area (Å²) in [5.74, 6) is -0.450. The molecule has 3 aromatic carbocycles. The van der Waals surface area contributed by atoms with Gasteiger partial charge in [0.15, 0.2) is 5.82 Å². The lowest BCUT2D eigenvalue weighted by molar-refractivity contribution is 0.555. The van der Waals surface area contributed by atoms with E-state index in [0.717, 1.165) is 22.1 Å². The zero-order valence-corrected chi connectivity index (χ0v) is 13.1. The maximum Gasteiger partial charge on any atom is 0.262 e. The Kier molecular flexibility index (Phi) is 3.92. The number of hydrogen-bond donors (Lipinski definition) is 2. The molecule has 0 saturated heterocycles. The molecule has 4 aromatic rings. The number of anilines is 4. The van der Waals surface area contributed by atoms with Gasteiger partial charge in [-0.15, -0.1) is 5.10 Å². The van der Waals surface area contributed by atoms with Gasteiger partial charge in [-0.1, -0.05) is 53.6 Å². The van der Waals surface area contributed by atoms with Gasteiger partial charge < -0.3 is 10.6 Å². The lowest BCUT2D eigenvalue weighted by atomic mass is 10.1. The molecule has 0 fully saturated rings. The molecule has 0 aliphatic rings. The van der Waals surface area contributed by atoms with E-state index < -0.39 is 5.95 Å².